The summed E-state index contributed by atoms with van der Waals surface area (Å²) in [6, 6.07) is 29.3. The molecule has 1 aliphatic rings. The second-order valence-electron chi connectivity index (χ2n) is 7.20. The zero-order valence-electron chi connectivity index (χ0n) is 16.1. The molecule has 4 rings (SSSR count). The second-order valence-corrected chi connectivity index (χ2v) is 7.20. The first-order chi connectivity index (χ1) is 14.3. The van der Waals surface area contributed by atoms with Gasteiger partial charge in [-0.15, -0.1) is 0 Å². The molecule has 1 amide bonds. The number of rotatable bonds is 6. The van der Waals surface area contributed by atoms with Crippen molar-refractivity contribution in [1.82, 2.24) is 4.90 Å². The monoisotopic (exact) mass is 382 g/mol. The summed E-state index contributed by atoms with van der Waals surface area (Å²) in [4.78, 5) is 14.4. The maximum atomic E-state index is 12.8. The van der Waals surface area contributed by atoms with Gasteiger partial charge in [0.25, 0.3) is 0 Å². The normalized spacial score (nSPS) is 18.4. The van der Waals surface area contributed by atoms with Crippen LogP contribution in [0.2, 0.25) is 0 Å². The molecule has 1 fully saturated rings. The smallest absolute Gasteiger partial charge is 0.224 e. The number of likely N-dealkylation sites (tertiary alicyclic amines) is 1. The zero-order valence-corrected chi connectivity index (χ0v) is 16.1. The molecular formula is C25H22N2O2. The summed E-state index contributed by atoms with van der Waals surface area (Å²) in [5, 5.41) is 9.88. The highest BCUT2D eigenvalue weighted by Crippen LogP contribution is 2.39. The Hall–Kier alpha value is -3.58. The Morgan fingerprint density at radius 3 is 2.21 bits per heavy atom. The molecule has 1 saturated heterocycles. The van der Waals surface area contributed by atoms with Gasteiger partial charge in [0.2, 0.25) is 5.91 Å². The summed E-state index contributed by atoms with van der Waals surface area (Å²) in [6.45, 7) is 0.894. The molecule has 0 N–H and O–H groups in total. The molecule has 0 aromatic heterocycles. The summed E-state index contributed by atoms with van der Waals surface area (Å²) in [5.74, 6) is 0.530. The Bertz CT molecular complexity index is 1010. The van der Waals surface area contributed by atoms with Crippen molar-refractivity contribution >= 4 is 5.91 Å². The van der Waals surface area contributed by atoms with Gasteiger partial charge in [0.05, 0.1) is 6.07 Å². The number of carbonyl (C=O) groups is 1. The van der Waals surface area contributed by atoms with Crippen LogP contribution in [0.15, 0.2) is 84.9 Å². The first kappa shape index (κ1) is 18.8. The summed E-state index contributed by atoms with van der Waals surface area (Å²) in [6.07, 6.45) is 0.316. The SMILES string of the molecule is N#CC1C(c2ccccc2OCc2ccccc2)CC(=O)N1Cc1ccccc1. The number of benzene rings is 3. The third-order valence-corrected chi connectivity index (χ3v) is 5.32. The van der Waals surface area contributed by atoms with Crippen molar-refractivity contribution in [3.8, 4) is 11.8 Å². The van der Waals surface area contributed by atoms with Crippen molar-refractivity contribution in [2.75, 3.05) is 0 Å². The summed E-state index contributed by atoms with van der Waals surface area (Å²) < 4.78 is 6.08. The Morgan fingerprint density at radius 2 is 1.52 bits per heavy atom. The van der Waals surface area contributed by atoms with Gasteiger partial charge in [-0.05, 0) is 17.2 Å². The van der Waals surface area contributed by atoms with E-state index in [4.69, 9.17) is 4.74 Å². The molecule has 3 aromatic carbocycles. The van der Waals surface area contributed by atoms with Crippen LogP contribution >= 0.6 is 0 Å². The Kier molecular flexibility index (Phi) is 5.58. The fourth-order valence-electron chi connectivity index (χ4n) is 3.85. The topological polar surface area (TPSA) is 53.3 Å². The molecule has 1 aliphatic heterocycles. The van der Waals surface area contributed by atoms with E-state index in [0.29, 0.717) is 19.6 Å². The van der Waals surface area contributed by atoms with E-state index < -0.39 is 6.04 Å². The zero-order chi connectivity index (χ0) is 20.1. The minimum atomic E-state index is -0.510. The van der Waals surface area contributed by atoms with Crippen molar-refractivity contribution in [2.45, 2.75) is 31.5 Å². The highest BCUT2D eigenvalue weighted by atomic mass is 16.5. The van der Waals surface area contributed by atoms with Gasteiger partial charge in [0, 0.05) is 24.4 Å². The largest absolute Gasteiger partial charge is 0.489 e. The average molecular weight is 382 g/mol. The molecule has 2 atom stereocenters. The number of amides is 1. The van der Waals surface area contributed by atoms with E-state index in [2.05, 4.69) is 6.07 Å². The fourth-order valence-corrected chi connectivity index (χ4v) is 3.85. The van der Waals surface area contributed by atoms with Crippen molar-refractivity contribution in [3.63, 3.8) is 0 Å². The van der Waals surface area contributed by atoms with E-state index in [1.807, 2.05) is 84.9 Å². The molecule has 3 aromatic rings. The van der Waals surface area contributed by atoms with E-state index in [9.17, 15) is 10.1 Å². The maximum absolute atomic E-state index is 12.8. The second kappa shape index (κ2) is 8.62. The van der Waals surface area contributed by atoms with Crippen molar-refractivity contribution < 1.29 is 9.53 Å². The van der Waals surface area contributed by atoms with Crippen LogP contribution in [0.3, 0.4) is 0 Å². The molecule has 0 aliphatic carbocycles. The lowest BCUT2D eigenvalue weighted by Crippen LogP contribution is -2.33. The van der Waals surface area contributed by atoms with Crippen LogP contribution in [-0.2, 0) is 17.9 Å². The maximum Gasteiger partial charge on any atom is 0.224 e. The van der Waals surface area contributed by atoms with Crippen LogP contribution < -0.4 is 4.74 Å². The van der Waals surface area contributed by atoms with Crippen LogP contribution in [0, 0.1) is 11.3 Å². The molecule has 0 bridgehead atoms. The molecule has 4 heteroatoms. The number of ether oxygens (including phenoxy) is 1. The van der Waals surface area contributed by atoms with Gasteiger partial charge in [0.15, 0.2) is 0 Å². The average Bonchev–Trinajstić information content (AvgIpc) is 3.09. The molecule has 0 radical (unpaired) electrons. The van der Waals surface area contributed by atoms with Crippen LogP contribution in [0.4, 0.5) is 0 Å². The van der Waals surface area contributed by atoms with Gasteiger partial charge in [-0.25, -0.2) is 0 Å². The molecule has 29 heavy (non-hydrogen) atoms. The van der Waals surface area contributed by atoms with E-state index in [1.54, 1.807) is 4.90 Å². The lowest BCUT2D eigenvalue weighted by atomic mass is 9.91. The minimum Gasteiger partial charge on any atom is -0.489 e. The van der Waals surface area contributed by atoms with E-state index in [1.165, 1.54) is 0 Å². The van der Waals surface area contributed by atoms with Crippen molar-refractivity contribution in [2.24, 2.45) is 0 Å². The fraction of sp³-hybridized carbons (Fsp3) is 0.200. The van der Waals surface area contributed by atoms with Crippen LogP contribution in [0.1, 0.15) is 29.0 Å². The van der Waals surface area contributed by atoms with E-state index >= 15 is 0 Å². The van der Waals surface area contributed by atoms with E-state index in [0.717, 1.165) is 22.4 Å². The molecule has 2 unspecified atom stereocenters. The lowest BCUT2D eigenvalue weighted by molar-refractivity contribution is -0.128. The first-order valence-corrected chi connectivity index (χ1v) is 9.75. The standard InChI is InChI=1S/C25H22N2O2/c26-16-23-22(15-25(28)27(23)17-19-9-3-1-4-10-19)21-13-7-8-14-24(21)29-18-20-11-5-2-6-12-20/h1-14,22-23H,15,17-18H2. The highest BCUT2D eigenvalue weighted by molar-refractivity contribution is 5.81. The number of hydrogen-bond acceptors (Lipinski definition) is 3. The quantitative estimate of drug-likeness (QED) is 0.622. The Balaban J connectivity index is 1.56. The third kappa shape index (κ3) is 4.14. The number of carbonyl (C=O) groups excluding carboxylic acids is 1. The number of nitriles is 1. The molecular weight excluding hydrogens is 360 g/mol. The number of para-hydroxylation sites is 1. The summed E-state index contributed by atoms with van der Waals surface area (Å²) in [5.41, 5.74) is 3.02. The van der Waals surface area contributed by atoms with Gasteiger partial charge in [0.1, 0.15) is 18.4 Å². The predicted octanol–water partition coefficient (Wildman–Crippen LogP) is 4.67. The van der Waals surface area contributed by atoms with Crippen LogP contribution in [0.25, 0.3) is 0 Å². The third-order valence-electron chi connectivity index (χ3n) is 5.32. The van der Waals surface area contributed by atoms with Crippen LogP contribution in [-0.4, -0.2) is 16.8 Å². The van der Waals surface area contributed by atoms with Gasteiger partial charge < -0.3 is 9.64 Å². The lowest BCUT2D eigenvalue weighted by Gasteiger charge is -2.24. The number of hydrogen-bond donors (Lipinski definition) is 0. The van der Waals surface area contributed by atoms with Crippen molar-refractivity contribution in [1.29, 1.82) is 5.26 Å². The molecule has 1 heterocycles. The van der Waals surface area contributed by atoms with Gasteiger partial charge in [-0.2, -0.15) is 5.26 Å². The summed E-state index contributed by atoms with van der Waals surface area (Å²) in [7, 11) is 0. The predicted molar refractivity (Wildman–Crippen MR) is 111 cm³/mol. The van der Waals surface area contributed by atoms with Gasteiger partial charge in [-0.3, -0.25) is 4.79 Å². The molecule has 0 saturated carbocycles. The highest BCUT2D eigenvalue weighted by Gasteiger charge is 2.41. The van der Waals surface area contributed by atoms with Gasteiger partial charge in [-0.1, -0.05) is 78.9 Å². The Labute approximate surface area is 171 Å². The molecule has 4 nitrogen and oxygen atoms in total. The minimum absolute atomic E-state index is 0.00302. The molecule has 0 spiro atoms. The number of nitrogens with zero attached hydrogens (tertiary/aromatic N) is 2. The summed E-state index contributed by atoms with van der Waals surface area (Å²) >= 11 is 0. The first-order valence-electron chi connectivity index (χ1n) is 9.75. The van der Waals surface area contributed by atoms with Gasteiger partial charge >= 0.3 is 0 Å². The molecule has 144 valence electrons. The van der Waals surface area contributed by atoms with Crippen LogP contribution in [0.5, 0.6) is 5.75 Å². The Morgan fingerprint density at radius 1 is 0.897 bits per heavy atom. The van der Waals surface area contributed by atoms with E-state index in [-0.39, 0.29) is 11.8 Å². The van der Waals surface area contributed by atoms with Crippen molar-refractivity contribution in [3.05, 3.63) is 102 Å².